The Labute approximate surface area is 104 Å². The summed E-state index contributed by atoms with van der Waals surface area (Å²) < 4.78 is 13.4. The monoisotopic (exact) mass is 245 g/mol. The lowest BCUT2D eigenvalue weighted by Crippen LogP contribution is -2.02. The smallest absolute Gasteiger partial charge is 0.307 e. The zero-order valence-electron chi connectivity index (χ0n) is 9.56. The van der Waals surface area contributed by atoms with Crippen LogP contribution < -0.4 is 5.73 Å². The topological polar surface area (TPSA) is 63.3 Å². The third kappa shape index (κ3) is 2.66. The Kier molecular flexibility index (Phi) is 3.28. The van der Waals surface area contributed by atoms with Gasteiger partial charge in [-0.1, -0.05) is 18.2 Å². The highest BCUT2D eigenvalue weighted by Crippen LogP contribution is 2.23. The van der Waals surface area contributed by atoms with Crippen molar-refractivity contribution in [2.75, 3.05) is 5.73 Å². The molecule has 2 aromatic rings. The number of carboxylic acid groups (broad SMARTS) is 1. The van der Waals surface area contributed by atoms with Gasteiger partial charge in [0.15, 0.2) is 0 Å². The number of nitrogen functional groups attached to an aromatic ring is 1. The molecule has 3 N–H and O–H groups in total. The predicted molar refractivity (Wildman–Crippen MR) is 67.6 cm³/mol. The molecule has 4 heteroatoms. The summed E-state index contributed by atoms with van der Waals surface area (Å²) in [5.41, 5.74) is 8.05. The fraction of sp³-hybridized carbons (Fsp3) is 0.0714. The second kappa shape index (κ2) is 4.87. The van der Waals surface area contributed by atoms with E-state index in [9.17, 15) is 9.18 Å². The zero-order valence-corrected chi connectivity index (χ0v) is 9.56. The van der Waals surface area contributed by atoms with Gasteiger partial charge in [-0.2, -0.15) is 0 Å². The van der Waals surface area contributed by atoms with E-state index in [2.05, 4.69) is 0 Å². The van der Waals surface area contributed by atoms with Gasteiger partial charge in [0.25, 0.3) is 0 Å². The minimum absolute atomic E-state index is 0.178. The van der Waals surface area contributed by atoms with E-state index in [0.717, 1.165) is 11.1 Å². The first-order valence-electron chi connectivity index (χ1n) is 5.42. The summed E-state index contributed by atoms with van der Waals surface area (Å²) >= 11 is 0. The number of benzene rings is 2. The molecule has 0 heterocycles. The van der Waals surface area contributed by atoms with Crippen LogP contribution >= 0.6 is 0 Å². The van der Waals surface area contributed by atoms with Gasteiger partial charge in [-0.3, -0.25) is 4.79 Å². The van der Waals surface area contributed by atoms with Crippen LogP contribution in [0.5, 0.6) is 0 Å². The van der Waals surface area contributed by atoms with Gasteiger partial charge < -0.3 is 10.8 Å². The molecule has 0 fully saturated rings. The van der Waals surface area contributed by atoms with Gasteiger partial charge in [-0.15, -0.1) is 0 Å². The molecule has 0 amide bonds. The van der Waals surface area contributed by atoms with Crippen LogP contribution in [0.2, 0.25) is 0 Å². The first kappa shape index (κ1) is 12.1. The maximum atomic E-state index is 13.4. The average Bonchev–Trinajstić information content (AvgIpc) is 2.32. The van der Waals surface area contributed by atoms with Crippen LogP contribution in [-0.4, -0.2) is 11.1 Å². The second-order valence-corrected chi connectivity index (χ2v) is 4.00. The fourth-order valence-electron chi connectivity index (χ4n) is 1.73. The number of aliphatic carboxylic acids is 1. The molecule has 0 saturated carbocycles. The van der Waals surface area contributed by atoms with Crippen LogP contribution in [0, 0.1) is 5.82 Å². The van der Waals surface area contributed by atoms with Crippen LogP contribution in [-0.2, 0) is 11.2 Å². The first-order chi connectivity index (χ1) is 8.56. The van der Waals surface area contributed by atoms with Gasteiger partial charge >= 0.3 is 5.97 Å². The summed E-state index contributed by atoms with van der Waals surface area (Å²) in [4.78, 5) is 10.6. The van der Waals surface area contributed by atoms with E-state index in [1.54, 1.807) is 24.3 Å². The van der Waals surface area contributed by atoms with E-state index in [4.69, 9.17) is 10.8 Å². The fourth-order valence-corrected chi connectivity index (χ4v) is 1.73. The molecule has 0 aliphatic heterocycles. The third-order valence-electron chi connectivity index (χ3n) is 2.63. The van der Waals surface area contributed by atoms with E-state index in [1.807, 2.05) is 12.1 Å². The Morgan fingerprint density at radius 3 is 2.33 bits per heavy atom. The summed E-state index contributed by atoms with van der Waals surface area (Å²) in [6.45, 7) is 0. The Morgan fingerprint density at radius 1 is 1.11 bits per heavy atom. The van der Waals surface area contributed by atoms with Crippen LogP contribution in [0.4, 0.5) is 10.1 Å². The Bertz CT molecular complexity index is 579. The van der Waals surface area contributed by atoms with Crippen molar-refractivity contribution in [1.29, 1.82) is 0 Å². The summed E-state index contributed by atoms with van der Waals surface area (Å²) in [6.07, 6.45) is -0.325. The van der Waals surface area contributed by atoms with Crippen molar-refractivity contribution < 1.29 is 14.3 Å². The number of rotatable bonds is 3. The van der Waals surface area contributed by atoms with Crippen molar-refractivity contribution in [2.45, 2.75) is 6.42 Å². The number of nitrogens with two attached hydrogens (primary N) is 1. The zero-order chi connectivity index (χ0) is 13.1. The molecule has 0 aromatic heterocycles. The summed E-state index contributed by atoms with van der Waals surface area (Å²) in [5.74, 6) is -1.56. The SMILES string of the molecule is Nc1ccc(-c2ccc(F)c(CC(=O)O)c2)cc1. The van der Waals surface area contributed by atoms with Crippen LogP contribution in [0.3, 0.4) is 0 Å². The van der Waals surface area contributed by atoms with E-state index in [0.29, 0.717) is 5.69 Å². The highest BCUT2D eigenvalue weighted by Gasteiger charge is 2.08. The highest BCUT2D eigenvalue weighted by atomic mass is 19.1. The lowest BCUT2D eigenvalue weighted by atomic mass is 10.0. The van der Waals surface area contributed by atoms with Gasteiger partial charge in [-0.25, -0.2) is 4.39 Å². The molecular formula is C14H12FNO2. The third-order valence-corrected chi connectivity index (χ3v) is 2.63. The molecule has 0 unspecified atom stereocenters. The van der Waals surface area contributed by atoms with Crippen molar-refractivity contribution in [1.82, 2.24) is 0 Å². The standard InChI is InChI=1S/C14H12FNO2/c15-13-6-3-10(7-11(13)8-14(17)18)9-1-4-12(16)5-2-9/h1-7H,8,16H2,(H,17,18). The molecule has 0 aliphatic carbocycles. The Morgan fingerprint density at radius 2 is 1.72 bits per heavy atom. The van der Waals surface area contributed by atoms with Gasteiger partial charge in [0.2, 0.25) is 0 Å². The van der Waals surface area contributed by atoms with Gasteiger partial charge in [0.1, 0.15) is 5.82 Å². The second-order valence-electron chi connectivity index (χ2n) is 4.00. The van der Waals surface area contributed by atoms with Crippen LogP contribution in [0.25, 0.3) is 11.1 Å². The largest absolute Gasteiger partial charge is 0.481 e. The minimum Gasteiger partial charge on any atom is -0.481 e. The van der Waals surface area contributed by atoms with Crippen molar-refractivity contribution in [3.05, 3.63) is 53.8 Å². The normalized spacial score (nSPS) is 10.3. The van der Waals surface area contributed by atoms with Gasteiger partial charge in [0, 0.05) is 5.69 Å². The highest BCUT2D eigenvalue weighted by molar-refractivity contribution is 5.72. The van der Waals surface area contributed by atoms with Gasteiger partial charge in [-0.05, 0) is 41.0 Å². The quantitative estimate of drug-likeness (QED) is 0.817. The molecule has 2 rings (SSSR count). The van der Waals surface area contributed by atoms with E-state index < -0.39 is 11.8 Å². The van der Waals surface area contributed by atoms with Crippen LogP contribution in [0.1, 0.15) is 5.56 Å². The molecule has 0 radical (unpaired) electrons. The molecule has 0 spiro atoms. The minimum atomic E-state index is -1.05. The number of hydrogen-bond acceptors (Lipinski definition) is 2. The van der Waals surface area contributed by atoms with Crippen molar-refractivity contribution in [3.8, 4) is 11.1 Å². The summed E-state index contributed by atoms with van der Waals surface area (Å²) in [7, 11) is 0. The lowest BCUT2D eigenvalue weighted by molar-refractivity contribution is -0.136. The summed E-state index contributed by atoms with van der Waals surface area (Å²) in [5, 5.41) is 8.71. The molecule has 0 aliphatic rings. The number of halogens is 1. The first-order valence-corrected chi connectivity index (χ1v) is 5.42. The maximum absolute atomic E-state index is 13.4. The number of carbonyl (C=O) groups is 1. The molecule has 2 aromatic carbocycles. The van der Waals surface area contributed by atoms with E-state index in [-0.39, 0.29) is 12.0 Å². The molecule has 18 heavy (non-hydrogen) atoms. The van der Waals surface area contributed by atoms with Crippen molar-refractivity contribution in [2.24, 2.45) is 0 Å². The number of carboxylic acids is 1. The van der Waals surface area contributed by atoms with E-state index >= 15 is 0 Å². The Hall–Kier alpha value is -2.36. The van der Waals surface area contributed by atoms with Crippen LogP contribution in [0.15, 0.2) is 42.5 Å². The molecule has 0 atom stereocenters. The molecular weight excluding hydrogens is 233 g/mol. The van der Waals surface area contributed by atoms with Crippen molar-refractivity contribution in [3.63, 3.8) is 0 Å². The molecule has 0 saturated heterocycles. The van der Waals surface area contributed by atoms with E-state index in [1.165, 1.54) is 6.07 Å². The lowest BCUT2D eigenvalue weighted by Gasteiger charge is -2.06. The molecule has 92 valence electrons. The maximum Gasteiger partial charge on any atom is 0.307 e. The molecule has 0 bridgehead atoms. The Balaban J connectivity index is 2.40. The molecule has 3 nitrogen and oxygen atoms in total. The van der Waals surface area contributed by atoms with Crippen molar-refractivity contribution >= 4 is 11.7 Å². The van der Waals surface area contributed by atoms with Gasteiger partial charge in [0.05, 0.1) is 6.42 Å². The number of hydrogen-bond donors (Lipinski definition) is 2. The summed E-state index contributed by atoms with van der Waals surface area (Å²) in [6, 6.07) is 11.6. The predicted octanol–water partition coefficient (Wildman–Crippen LogP) is 2.70. The number of anilines is 1. The average molecular weight is 245 g/mol.